The number of rotatable bonds is 5. The molecule has 2 amide bonds. The molecule has 3 heterocycles. The first-order chi connectivity index (χ1) is 13.1. The van der Waals surface area contributed by atoms with Gasteiger partial charge >= 0.3 is 0 Å². The van der Waals surface area contributed by atoms with Crippen LogP contribution in [0.25, 0.3) is 0 Å². The maximum absolute atomic E-state index is 12.6. The molecule has 1 atom stereocenters. The minimum Gasteiger partial charge on any atom is -0.348 e. The highest BCUT2D eigenvalue weighted by atomic mass is 32.1. The summed E-state index contributed by atoms with van der Waals surface area (Å²) in [5.74, 6) is 0.172. The predicted octanol–water partition coefficient (Wildman–Crippen LogP) is 1.61. The summed E-state index contributed by atoms with van der Waals surface area (Å²) in [7, 11) is 0. The molecule has 2 aromatic rings. The van der Waals surface area contributed by atoms with Crippen molar-refractivity contribution in [2.24, 2.45) is 5.92 Å². The lowest BCUT2D eigenvalue weighted by Crippen LogP contribution is -2.33. The number of aromatic nitrogens is 5. The summed E-state index contributed by atoms with van der Waals surface area (Å²) in [6.45, 7) is 2.51. The molecule has 2 aromatic heterocycles. The van der Waals surface area contributed by atoms with Gasteiger partial charge in [-0.1, -0.05) is 30.6 Å². The molecule has 1 saturated carbocycles. The molecular weight excluding hydrogens is 366 g/mol. The quantitative estimate of drug-likeness (QED) is 0.833. The molecule has 0 spiro atoms. The van der Waals surface area contributed by atoms with Crippen LogP contribution in [0.1, 0.15) is 55.4 Å². The van der Waals surface area contributed by atoms with Crippen molar-refractivity contribution in [1.29, 1.82) is 0 Å². The fraction of sp³-hybridized carbons (Fsp3) is 0.647. The summed E-state index contributed by atoms with van der Waals surface area (Å²) in [6.07, 6.45) is 7.94. The van der Waals surface area contributed by atoms with Gasteiger partial charge in [-0.05, 0) is 19.8 Å². The van der Waals surface area contributed by atoms with Crippen LogP contribution in [0.3, 0.4) is 0 Å². The molecule has 9 nitrogen and oxygen atoms in total. The standard InChI is InChI=1S/C17H23N7O2S/c1-11-20-22-17(27-11)23-9-12(7-15(23)25)16(26)18-8-14-21-19-10-24(14)13-5-3-2-4-6-13/h10,12-13H,2-9H2,1H3,(H,18,26). The van der Waals surface area contributed by atoms with Gasteiger partial charge in [-0.3, -0.25) is 14.5 Å². The van der Waals surface area contributed by atoms with Crippen molar-refractivity contribution in [2.45, 2.75) is 58.0 Å². The maximum atomic E-state index is 12.6. The normalized spacial score (nSPS) is 21.0. The first-order valence-electron chi connectivity index (χ1n) is 9.38. The van der Waals surface area contributed by atoms with Gasteiger partial charge in [0.05, 0.1) is 12.5 Å². The van der Waals surface area contributed by atoms with Crippen molar-refractivity contribution in [3.05, 3.63) is 17.2 Å². The second kappa shape index (κ2) is 7.71. The predicted molar refractivity (Wildman–Crippen MR) is 99.1 cm³/mol. The second-order valence-corrected chi connectivity index (χ2v) is 8.33. The average molecular weight is 389 g/mol. The number of nitrogens with zero attached hydrogens (tertiary/aromatic N) is 6. The third kappa shape index (κ3) is 3.85. The van der Waals surface area contributed by atoms with E-state index in [1.54, 1.807) is 11.2 Å². The fourth-order valence-electron chi connectivity index (χ4n) is 3.83. The number of carbonyl (C=O) groups is 2. The number of carbonyl (C=O) groups excluding carboxylic acids is 2. The summed E-state index contributed by atoms with van der Waals surface area (Å²) >= 11 is 1.36. The van der Waals surface area contributed by atoms with E-state index < -0.39 is 0 Å². The molecule has 2 aliphatic rings. The molecule has 1 aliphatic carbocycles. The first-order valence-corrected chi connectivity index (χ1v) is 10.2. The van der Waals surface area contributed by atoms with Gasteiger partial charge in [0, 0.05) is 19.0 Å². The van der Waals surface area contributed by atoms with E-state index in [0.29, 0.717) is 24.3 Å². The van der Waals surface area contributed by atoms with Crippen LogP contribution >= 0.6 is 11.3 Å². The molecule has 1 N–H and O–H groups in total. The second-order valence-electron chi connectivity index (χ2n) is 7.17. The molecule has 27 heavy (non-hydrogen) atoms. The molecular formula is C17H23N7O2S. The third-order valence-corrected chi connectivity index (χ3v) is 6.14. The van der Waals surface area contributed by atoms with Crippen LogP contribution < -0.4 is 10.2 Å². The zero-order valence-corrected chi connectivity index (χ0v) is 16.1. The van der Waals surface area contributed by atoms with Crippen molar-refractivity contribution in [1.82, 2.24) is 30.3 Å². The molecule has 10 heteroatoms. The van der Waals surface area contributed by atoms with E-state index in [4.69, 9.17) is 0 Å². The Bertz CT molecular complexity index is 827. The van der Waals surface area contributed by atoms with E-state index in [2.05, 4.69) is 30.3 Å². The Labute approximate surface area is 161 Å². The monoisotopic (exact) mass is 389 g/mol. The zero-order chi connectivity index (χ0) is 18.8. The molecule has 1 unspecified atom stereocenters. The zero-order valence-electron chi connectivity index (χ0n) is 15.3. The third-order valence-electron chi connectivity index (χ3n) is 5.28. The van der Waals surface area contributed by atoms with Crippen molar-refractivity contribution < 1.29 is 9.59 Å². The van der Waals surface area contributed by atoms with Crippen LogP contribution in [0.5, 0.6) is 0 Å². The summed E-state index contributed by atoms with van der Waals surface area (Å²) in [4.78, 5) is 26.4. The molecule has 0 bridgehead atoms. The van der Waals surface area contributed by atoms with E-state index in [1.807, 2.05) is 6.92 Å². The van der Waals surface area contributed by atoms with Crippen molar-refractivity contribution in [3.8, 4) is 0 Å². The lowest BCUT2D eigenvalue weighted by molar-refractivity contribution is -0.126. The van der Waals surface area contributed by atoms with Crippen LogP contribution in [0, 0.1) is 12.8 Å². The number of amides is 2. The van der Waals surface area contributed by atoms with Gasteiger partial charge in [0.15, 0.2) is 5.82 Å². The van der Waals surface area contributed by atoms with Crippen LogP contribution in [-0.4, -0.2) is 43.3 Å². The van der Waals surface area contributed by atoms with Gasteiger partial charge in [0.1, 0.15) is 11.3 Å². The highest BCUT2D eigenvalue weighted by molar-refractivity contribution is 7.15. The number of nitrogens with one attached hydrogen (secondary N) is 1. The molecule has 2 fully saturated rings. The maximum Gasteiger partial charge on any atom is 0.229 e. The minimum absolute atomic E-state index is 0.0864. The van der Waals surface area contributed by atoms with Crippen LogP contribution in [0.2, 0.25) is 0 Å². The summed E-state index contributed by atoms with van der Waals surface area (Å²) in [5, 5.41) is 20.4. The largest absolute Gasteiger partial charge is 0.348 e. The van der Waals surface area contributed by atoms with Gasteiger partial charge in [-0.25, -0.2) is 0 Å². The van der Waals surface area contributed by atoms with Gasteiger partial charge in [0.2, 0.25) is 16.9 Å². The average Bonchev–Trinajstić information content (AvgIpc) is 3.40. The smallest absolute Gasteiger partial charge is 0.229 e. The van der Waals surface area contributed by atoms with Crippen molar-refractivity contribution in [3.63, 3.8) is 0 Å². The van der Waals surface area contributed by atoms with Crippen molar-refractivity contribution >= 4 is 28.3 Å². The van der Waals surface area contributed by atoms with Gasteiger partial charge in [0.25, 0.3) is 0 Å². The Kier molecular flexibility index (Phi) is 5.15. The Hall–Kier alpha value is -2.36. The van der Waals surface area contributed by atoms with Crippen molar-refractivity contribution in [2.75, 3.05) is 11.4 Å². The lowest BCUT2D eigenvalue weighted by Gasteiger charge is -2.24. The van der Waals surface area contributed by atoms with Crippen LogP contribution in [0.4, 0.5) is 5.13 Å². The van der Waals surface area contributed by atoms with Gasteiger partial charge in [-0.15, -0.1) is 20.4 Å². The number of hydrogen-bond donors (Lipinski definition) is 1. The van der Waals surface area contributed by atoms with E-state index in [1.165, 1.54) is 30.6 Å². The first kappa shape index (κ1) is 18.0. The molecule has 0 aromatic carbocycles. The van der Waals surface area contributed by atoms with Crippen LogP contribution in [-0.2, 0) is 16.1 Å². The van der Waals surface area contributed by atoms with Crippen LogP contribution in [0.15, 0.2) is 6.33 Å². The van der Waals surface area contributed by atoms with E-state index in [-0.39, 0.29) is 24.2 Å². The Balaban J connectivity index is 1.35. The number of aryl methyl sites for hydroxylation is 1. The van der Waals surface area contributed by atoms with E-state index in [0.717, 1.165) is 23.7 Å². The Morgan fingerprint density at radius 1 is 1.26 bits per heavy atom. The minimum atomic E-state index is -0.382. The fourth-order valence-corrected chi connectivity index (χ4v) is 4.55. The Morgan fingerprint density at radius 3 is 2.81 bits per heavy atom. The molecule has 1 saturated heterocycles. The topological polar surface area (TPSA) is 106 Å². The lowest BCUT2D eigenvalue weighted by atomic mass is 9.95. The molecule has 4 rings (SSSR count). The van der Waals surface area contributed by atoms with E-state index in [9.17, 15) is 9.59 Å². The van der Waals surface area contributed by atoms with E-state index >= 15 is 0 Å². The number of hydrogen-bond acceptors (Lipinski definition) is 7. The summed E-state index contributed by atoms with van der Waals surface area (Å²) in [5.41, 5.74) is 0. The number of anilines is 1. The summed E-state index contributed by atoms with van der Waals surface area (Å²) in [6, 6.07) is 0.421. The van der Waals surface area contributed by atoms with Gasteiger partial charge in [-0.2, -0.15) is 0 Å². The SMILES string of the molecule is Cc1nnc(N2CC(C(=O)NCc3nncn3C3CCCCC3)CC2=O)s1. The highest BCUT2D eigenvalue weighted by Crippen LogP contribution is 2.29. The molecule has 144 valence electrons. The molecule has 0 radical (unpaired) electrons. The van der Waals surface area contributed by atoms with Gasteiger partial charge < -0.3 is 9.88 Å². The molecule has 1 aliphatic heterocycles. The summed E-state index contributed by atoms with van der Waals surface area (Å²) < 4.78 is 2.09. The Morgan fingerprint density at radius 2 is 2.07 bits per heavy atom. The highest BCUT2D eigenvalue weighted by Gasteiger charge is 2.36.